The minimum absolute atomic E-state index is 0. The molecular weight excluding hydrogens is 495 g/mol. The van der Waals surface area contributed by atoms with Crippen molar-refractivity contribution >= 4 is 41.3 Å². The van der Waals surface area contributed by atoms with Crippen LogP contribution < -0.4 is 45.5 Å². The molecule has 0 saturated carbocycles. The number of benzene rings is 1. The quantitative estimate of drug-likeness (QED) is 0.320. The summed E-state index contributed by atoms with van der Waals surface area (Å²) in [6.45, 7) is 4.61. The van der Waals surface area contributed by atoms with Gasteiger partial charge in [-0.2, -0.15) is 0 Å². The van der Waals surface area contributed by atoms with Gasteiger partial charge in [0.1, 0.15) is 23.9 Å². The van der Waals surface area contributed by atoms with Crippen LogP contribution in [0.25, 0.3) is 0 Å². The summed E-state index contributed by atoms with van der Waals surface area (Å²) in [6.07, 6.45) is -0.758. The molecule has 0 radical (unpaired) electrons. The van der Waals surface area contributed by atoms with Crippen LogP contribution in [0.15, 0.2) is 52.3 Å². The summed E-state index contributed by atoms with van der Waals surface area (Å²) in [5, 5.41) is 19.3. The van der Waals surface area contributed by atoms with Crippen LogP contribution >= 0.6 is 11.8 Å². The molecule has 0 bridgehead atoms. The number of hydrogen-bond donors (Lipinski definition) is 3. The Morgan fingerprint density at radius 1 is 1.14 bits per heavy atom. The molecular formula is C24H27LiN4O7S. The molecule has 13 heteroatoms. The number of nitrogens with one attached hydrogen (secondary N) is 3. The van der Waals surface area contributed by atoms with Gasteiger partial charge in [0.05, 0.1) is 17.0 Å². The molecule has 1 aromatic carbocycles. The van der Waals surface area contributed by atoms with Gasteiger partial charge in [0.25, 0.3) is 5.56 Å². The maximum atomic E-state index is 13.1. The number of ether oxygens (including phenoxy) is 1. The number of aromatic nitrogens is 1. The van der Waals surface area contributed by atoms with Crippen LogP contribution in [0.3, 0.4) is 0 Å². The Kier molecular flexibility index (Phi) is 10.4. The summed E-state index contributed by atoms with van der Waals surface area (Å²) in [5.41, 5.74) is -0.744. The molecule has 11 nitrogen and oxygen atoms in total. The van der Waals surface area contributed by atoms with Gasteiger partial charge >= 0.3 is 25.0 Å². The third kappa shape index (κ3) is 8.42. The Labute approximate surface area is 229 Å². The summed E-state index contributed by atoms with van der Waals surface area (Å²) >= 11 is 1.26. The minimum atomic E-state index is -1.44. The van der Waals surface area contributed by atoms with Gasteiger partial charge < -0.3 is 30.6 Å². The number of alkyl carbamates (subject to hydrolysis) is 1. The number of carbonyl (C=O) groups excluding carboxylic acids is 4. The molecule has 2 aromatic rings. The number of nitrogens with zero attached hydrogens (tertiary/aromatic N) is 1. The number of carboxylic acids is 1. The Morgan fingerprint density at radius 3 is 2.43 bits per heavy atom. The van der Waals surface area contributed by atoms with E-state index in [0.29, 0.717) is 10.6 Å². The second kappa shape index (κ2) is 12.9. The smallest absolute Gasteiger partial charge is 0.548 e. The zero-order valence-electron chi connectivity index (χ0n) is 21.0. The van der Waals surface area contributed by atoms with Gasteiger partial charge in [-0.25, -0.2) is 4.79 Å². The van der Waals surface area contributed by atoms with Crippen molar-refractivity contribution in [2.24, 2.45) is 0 Å². The van der Waals surface area contributed by atoms with Crippen molar-refractivity contribution < 1.29 is 47.9 Å². The summed E-state index contributed by atoms with van der Waals surface area (Å²) in [4.78, 5) is 61.7. The third-order valence-corrected chi connectivity index (χ3v) is 6.14. The number of pyridine rings is 1. The first kappa shape index (κ1) is 30.0. The van der Waals surface area contributed by atoms with Crippen molar-refractivity contribution in [2.75, 3.05) is 17.6 Å². The average molecular weight is 523 g/mol. The molecule has 0 fully saturated rings. The Hall–Kier alpha value is -3.20. The van der Waals surface area contributed by atoms with Crippen LogP contribution in [0.2, 0.25) is 0 Å². The van der Waals surface area contributed by atoms with Crippen molar-refractivity contribution in [3.63, 3.8) is 0 Å². The number of carboxylic acid groups (broad SMARTS) is 1. The fraction of sp³-hybridized carbons (Fsp3) is 0.375. The molecule has 3 rings (SSSR count). The topological polar surface area (TPSA) is 159 Å². The number of anilines is 1. The van der Waals surface area contributed by atoms with Crippen LogP contribution in [-0.2, 0) is 25.5 Å². The van der Waals surface area contributed by atoms with Crippen molar-refractivity contribution in [3.8, 4) is 0 Å². The van der Waals surface area contributed by atoms with Gasteiger partial charge in [0.15, 0.2) is 0 Å². The number of thioether (sulfide) groups is 1. The van der Waals surface area contributed by atoms with Crippen LogP contribution in [0.1, 0.15) is 32.4 Å². The van der Waals surface area contributed by atoms with Gasteiger partial charge in [0.2, 0.25) is 11.8 Å². The standard InChI is InChI=1S/C24H28N4O7S.Li/c1-24(2,3)35-23(34)25-12-18(29)26-15-9-10-19-28(21(15)31)17(13-36-19)20(30)27-16(22(32)33)11-14-7-5-4-6-8-14;/h4-10,16-17H,11-13H2,1-3H3,(H,25,34)(H,26,29)(H,27,30)(H,32,33);/q;+1/p-1/t16-,17-;/m0./s1. The molecule has 1 aromatic heterocycles. The molecule has 3 amide bonds. The Morgan fingerprint density at radius 2 is 1.81 bits per heavy atom. The van der Waals surface area contributed by atoms with E-state index in [9.17, 15) is 29.1 Å². The molecule has 1 aliphatic rings. The number of aliphatic carboxylic acids is 1. The van der Waals surface area contributed by atoms with Crippen molar-refractivity contribution in [1.82, 2.24) is 15.2 Å². The van der Waals surface area contributed by atoms with Crippen molar-refractivity contribution in [3.05, 3.63) is 58.4 Å². The molecule has 2 atom stereocenters. The molecule has 37 heavy (non-hydrogen) atoms. The second-order valence-corrected chi connectivity index (χ2v) is 10.1. The monoisotopic (exact) mass is 522 g/mol. The molecule has 3 N–H and O–H groups in total. The van der Waals surface area contributed by atoms with Gasteiger partial charge in [-0.3, -0.25) is 19.0 Å². The van der Waals surface area contributed by atoms with E-state index < -0.39 is 53.7 Å². The predicted octanol–water partition coefficient (Wildman–Crippen LogP) is -2.56. The molecule has 0 unspecified atom stereocenters. The predicted molar refractivity (Wildman–Crippen MR) is 130 cm³/mol. The first-order valence-electron chi connectivity index (χ1n) is 11.1. The van der Waals surface area contributed by atoms with Gasteiger partial charge in [-0.1, -0.05) is 30.3 Å². The van der Waals surface area contributed by atoms with E-state index in [2.05, 4.69) is 16.0 Å². The van der Waals surface area contributed by atoms with E-state index in [0.717, 1.165) is 0 Å². The van der Waals surface area contributed by atoms with Gasteiger partial charge in [-0.05, 0) is 44.9 Å². The number of hydrogen-bond acceptors (Lipinski definition) is 8. The maximum Gasteiger partial charge on any atom is 1.00 e. The maximum absolute atomic E-state index is 13.1. The summed E-state index contributed by atoms with van der Waals surface area (Å²) < 4.78 is 6.27. The van der Waals surface area contributed by atoms with Gasteiger partial charge in [-0.15, -0.1) is 11.8 Å². The van der Waals surface area contributed by atoms with E-state index >= 15 is 0 Å². The summed E-state index contributed by atoms with van der Waals surface area (Å²) in [7, 11) is 0. The Balaban J connectivity index is 0.00000481. The van der Waals surface area contributed by atoms with Crippen molar-refractivity contribution in [1.29, 1.82) is 0 Å². The van der Waals surface area contributed by atoms with E-state index in [4.69, 9.17) is 4.74 Å². The number of amides is 3. The SMILES string of the molecule is CC(C)(C)OC(=O)NCC(=O)Nc1ccc2n(c1=O)[C@H](C(=O)N[C@@H](Cc1ccccc1)C(=O)[O-])CS2.[Li+]. The first-order valence-corrected chi connectivity index (χ1v) is 12.1. The number of carbonyl (C=O) groups is 4. The molecule has 0 spiro atoms. The fourth-order valence-electron chi connectivity index (χ4n) is 3.45. The van der Waals surface area contributed by atoms with Crippen LogP contribution in [0, 0.1) is 0 Å². The van der Waals surface area contributed by atoms with E-state index in [1.54, 1.807) is 57.2 Å². The fourth-order valence-corrected chi connectivity index (χ4v) is 4.59. The molecule has 2 heterocycles. The summed E-state index contributed by atoms with van der Waals surface area (Å²) in [6, 6.07) is 9.50. The minimum Gasteiger partial charge on any atom is -0.548 e. The molecule has 0 aliphatic carbocycles. The second-order valence-electron chi connectivity index (χ2n) is 9.06. The zero-order valence-corrected chi connectivity index (χ0v) is 21.8. The van der Waals surface area contributed by atoms with Crippen LogP contribution in [0.4, 0.5) is 10.5 Å². The summed E-state index contributed by atoms with van der Waals surface area (Å²) in [5.74, 6) is -2.54. The first-order chi connectivity index (χ1) is 16.9. The van der Waals surface area contributed by atoms with E-state index in [1.807, 2.05) is 0 Å². The van der Waals surface area contributed by atoms with Crippen LogP contribution in [0.5, 0.6) is 0 Å². The Bertz CT molecular complexity index is 1210. The van der Waals surface area contributed by atoms with E-state index in [1.165, 1.54) is 22.4 Å². The largest absolute Gasteiger partial charge is 1.00 e. The van der Waals surface area contributed by atoms with Crippen LogP contribution in [-0.4, -0.2) is 52.4 Å². The average Bonchev–Trinajstić information content (AvgIpc) is 3.24. The third-order valence-electron chi connectivity index (χ3n) is 5.03. The number of rotatable bonds is 8. The molecule has 192 valence electrons. The van der Waals surface area contributed by atoms with Crippen molar-refractivity contribution in [2.45, 2.75) is 49.9 Å². The van der Waals surface area contributed by atoms with E-state index in [-0.39, 0.29) is 36.7 Å². The molecule has 1 aliphatic heterocycles. The van der Waals surface area contributed by atoms with Gasteiger partial charge in [0, 0.05) is 5.75 Å². The number of fused-ring (bicyclic) bond motifs is 1. The zero-order chi connectivity index (χ0) is 26.5. The molecule has 0 saturated heterocycles. The normalized spacial score (nSPS) is 14.9.